The van der Waals surface area contributed by atoms with Crippen molar-refractivity contribution < 1.29 is 41.4 Å². The number of nitrogens with one attached hydrogen (secondary N) is 1. The first-order valence-corrected chi connectivity index (χ1v) is 16.5. The van der Waals surface area contributed by atoms with E-state index >= 15 is 0 Å². The Hall–Kier alpha value is -3.33. The number of aliphatic carboxylic acids is 2. The van der Waals surface area contributed by atoms with Crippen LogP contribution in [0.1, 0.15) is 36.8 Å². The maximum absolute atomic E-state index is 13.7. The largest absolute Gasteiger partial charge is 0.480 e. The van der Waals surface area contributed by atoms with Gasteiger partial charge in [0.05, 0.1) is 16.3 Å². The summed E-state index contributed by atoms with van der Waals surface area (Å²) in [5.74, 6) is -3.96. The van der Waals surface area contributed by atoms with Crippen molar-refractivity contribution >= 4 is 37.9 Å². The lowest BCUT2D eigenvalue weighted by Gasteiger charge is -2.57. The van der Waals surface area contributed by atoms with Crippen molar-refractivity contribution in [2.24, 2.45) is 11.8 Å². The van der Waals surface area contributed by atoms with Crippen LogP contribution in [0, 0.1) is 25.7 Å². The van der Waals surface area contributed by atoms with E-state index in [9.17, 15) is 41.4 Å². The third-order valence-electron chi connectivity index (χ3n) is 8.01. The summed E-state index contributed by atoms with van der Waals surface area (Å²) in [6, 6.07) is 10.1. The van der Waals surface area contributed by atoms with Crippen molar-refractivity contribution in [3.8, 4) is 0 Å². The summed E-state index contributed by atoms with van der Waals surface area (Å²) < 4.78 is 55.4. The number of amides is 1. The number of rotatable bonds is 12. The maximum Gasteiger partial charge on any atom is 0.318 e. The number of aryl methyl sites for hydroxylation is 2. The quantitative estimate of drug-likeness (QED) is 0.319. The fraction of sp³-hybridized carbons (Fsp3) is 0.464. The van der Waals surface area contributed by atoms with Gasteiger partial charge in [-0.3, -0.25) is 14.4 Å². The molecule has 4 rings (SSSR count). The van der Waals surface area contributed by atoms with Crippen LogP contribution in [0.3, 0.4) is 0 Å². The first-order chi connectivity index (χ1) is 19.7. The number of carbonyl (C=O) groups excluding carboxylic acids is 1. The molecule has 4 unspecified atom stereocenters. The van der Waals surface area contributed by atoms with Gasteiger partial charge in [-0.25, -0.2) is 16.8 Å². The van der Waals surface area contributed by atoms with Crippen molar-refractivity contribution in [3.63, 3.8) is 0 Å². The van der Waals surface area contributed by atoms with Crippen molar-refractivity contribution in [2.75, 3.05) is 19.6 Å². The minimum Gasteiger partial charge on any atom is -0.480 e. The Balaban J connectivity index is 1.62. The Kier molecular flexibility index (Phi) is 9.40. The molecule has 2 aromatic rings. The number of sulfonamides is 2. The van der Waals surface area contributed by atoms with E-state index in [4.69, 9.17) is 0 Å². The maximum atomic E-state index is 13.7. The lowest BCUT2D eigenvalue weighted by atomic mass is 9.58. The number of hydrogen-bond donors (Lipinski definition) is 3. The summed E-state index contributed by atoms with van der Waals surface area (Å²) in [5, 5.41) is 21.8. The summed E-state index contributed by atoms with van der Waals surface area (Å²) in [7, 11) is -8.63. The molecule has 2 aliphatic rings. The number of carboxylic acids is 2. The number of nitrogens with zero attached hydrogens (tertiary/aromatic N) is 2. The molecular formula is C28H35N3O9S2. The van der Waals surface area contributed by atoms with Crippen LogP contribution in [0.2, 0.25) is 0 Å². The topological polar surface area (TPSA) is 178 Å². The molecule has 1 amide bonds. The molecule has 4 atom stereocenters. The van der Waals surface area contributed by atoms with Gasteiger partial charge < -0.3 is 15.5 Å². The second kappa shape index (κ2) is 12.5. The molecule has 14 heteroatoms. The van der Waals surface area contributed by atoms with Gasteiger partial charge in [-0.2, -0.15) is 8.61 Å². The van der Waals surface area contributed by atoms with Crippen LogP contribution in [-0.4, -0.2) is 85.2 Å². The summed E-state index contributed by atoms with van der Waals surface area (Å²) in [6.45, 7) is 0.966. The monoisotopic (exact) mass is 621 g/mol. The fourth-order valence-electron chi connectivity index (χ4n) is 5.97. The highest BCUT2D eigenvalue weighted by Crippen LogP contribution is 2.49. The second-order valence-corrected chi connectivity index (χ2v) is 14.8. The lowest BCUT2D eigenvalue weighted by molar-refractivity contribution is -0.139. The first-order valence-electron chi connectivity index (χ1n) is 13.6. The van der Waals surface area contributed by atoms with Crippen LogP contribution in [0.25, 0.3) is 0 Å². The molecule has 2 aliphatic carbocycles. The van der Waals surface area contributed by atoms with Crippen molar-refractivity contribution in [2.45, 2.75) is 61.4 Å². The van der Waals surface area contributed by atoms with E-state index in [1.807, 2.05) is 0 Å². The molecule has 3 N–H and O–H groups in total. The summed E-state index contributed by atoms with van der Waals surface area (Å²) in [5.41, 5.74) is 1.62. The first kappa shape index (κ1) is 31.6. The number of carboxylic acid groups (broad SMARTS) is 2. The molecule has 2 aromatic carbocycles. The Morgan fingerprint density at radius 2 is 1.21 bits per heavy atom. The average molecular weight is 622 g/mol. The van der Waals surface area contributed by atoms with Gasteiger partial charge in [0, 0.05) is 12.1 Å². The predicted molar refractivity (Wildman–Crippen MR) is 151 cm³/mol. The highest BCUT2D eigenvalue weighted by molar-refractivity contribution is 7.89. The van der Waals surface area contributed by atoms with Crippen LogP contribution in [0.4, 0.5) is 0 Å². The highest BCUT2D eigenvalue weighted by Gasteiger charge is 2.56. The predicted octanol–water partition coefficient (Wildman–Crippen LogP) is 1.83. The molecule has 0 aromatic heterocycles. The Bertz CT molecular complexity index is 1540. The summed E-state index contributed by atoms with van der Waals surface area (Å²) >= 11 is 0. The zero-order valence-electron chi connectivity index (χ0n) is 23.3. The molecule has 2 fully saturated rings. The molecule has 0 heterocycles. The van der Waals surface area contributed by atoms with Crippen LogP contribution in [-0.2, 0) is 34.4 Å². The van der Waals surface area contributed by atoms with Gasteiger partial charge in [-0.15, -0.1) is 0 Å². The van der Waals surface area contributed by atoms with E-state index in [1.165, 1.54) is 24.3 Å². The zero-order chi connectivity index (χ0) is 30.8. The molecule has 0 radical (unpaired) electrons. The van der Waals surface area contributed by atoms with E-state index in [2.05, 4.69) is 5.32 Å². The summed E-state index contributed by atoms with van der Waals surface area (Å²) in [4.78, 5) is 36.5. The molecule has 42 heavy (non-hydrogen) atoms. The van der Waals surface area contributed by atoms with Crippen LogP contribution >= 0.6 is 0 Å². The van der Waals surface area contributed by atoms with Gasteiger partial charge in [-0.1, -0.05) is 48.2 Å². The van der Waals surface area contributed by atoms with Gasteiger partial charge in [0.2, 0.25) is 26.0 Å². The van der Waals surface area contributed by atoms with Gasteiger partial charge in [0.1, 0.15) is 13.1 Å². The van der Waals surface area contributed by atoms with Crippen LogP contribution < -0.4 is 5.32 Å². The number of benzene rings is 2. The van der Waals surface area contributed by atoms with E-state index in [1.54, 1.807) is 38.1 Å². The van der Waals surface area contributed by atoms with Crippen LogP contribution in [0.5, 0.6) is 0 Å². The van der Waals surface area contributed by atoms with E-state index in [0.717, 1.165) is 28.3 Å². The Morgan fingerprint density at radius 1 is 0.738 bits per heavy atom. The smallest absolute Gasteiger partial charge is 0.318 e. The molecular weight excluding hydrogens is 586 g/mol. The third-order valence-corrected chi connectivity index (χ3v) is 11.7. The van der Waals surface area contributed by atoms with Gasteiger partial charge >= 0.3 is 11.9 Å². The molecule has 0 aliphatic heterocycles. The van der Waals surface area contributed by atoms with Gasteiger partial charge in [0.25, 0.3) is 0 Å². The zero-order valence-corrected chi connectivity index (χ0v) is 25.0. The number of hydrogen-bond acceptors (Lipinski definition) is 7. The number of carbonyl (C=O) groups is 3. The molecule has 0 saturated heterocycles. The van der Waals surface area contributed by atoms with Crippen molar-refractivity contribution in [3.05, 3.63) is 59.7 Å². The average Bonchev–Trinajstić information content (AvgIpc) is 2.91. The van der Waals surface area contributed by atoms with E-state index < -0.39 is 69.6 Å². The Morgan fingerprint density at radius 3 is 1.71 bits per heavy atom. The van der Waals surface area contributed by atoms with E-state index in [-0.39, 0.29) is 21.6 Å². The minimum absolute atomic E-state index is 0.0736. The SMILES string of the molecule is Cc1ccc(S(=O)(=O)N(CC(=O)O)CC(=O)NC2C3CCCCC3C2N(CC(=O)O)S(=O)(=O)c2ccc(C)cc2)cc1. The minimum atomic E-state index is -4.36. The second-order valence-electron chi connectivity index (χ2n) is 10.9. The molecule has 2 saturated carbocycles. The fourth-order valence-corrected chi connectivity index (χ4v) is 8.96. The number of fused-ring (bicyclic) bond motifs is 1. The molecule has 0 bridgehead atoms. The third kappa shape index (κ3) is 6.66. The Labute approximate surface area is 245 Å². The lowest BCUT2D eigenvalue weighted by Crippen LogP contribution is -2.71. The van der Waals surface area contributed by atoms with Crippen molar-refractivity contribution in [1.82, 2.24) is 13.9 Å². The normalized spacial score (nSPS) is 22.3. The van der Waals surface area contributed by atoms with E-state index in [0.29, 0.717) is 17.1 Å². The standard InChI is InChI=1S/C28H35N3O9S2/c1-18-7-11-20(12-8-18)41(37,38)30(16-25(33)34)15-24(32)29-27-22-5-3-4-6-23(22)28(27)31(17-26(35)36)42(39,40)21-13-9-19(2)10-14-21/h7-14,22-23,27-28H,3-6,15-17H2,1-2H3,(H,29,32)(H,33,34)(H,35,36). The van der Waals surface area contributed by atoms with Gasteiger partial charge in [0.15, 0.2) is 0 Å². The molecule has 12 nitrogen and oxygen atoms in total. The van der Waals surface area contributed by atoms with Crippen LogP contribution in [0.15, 0.2) is 58.3 Å². The van der Waals surface area contributed by atoms with Crippen molar-refractivity contribution in [1.29, 1.82) is 0 Å². The highest BCUT2D eigenvalue weighted by atomic mass is 32.2. The molecule has 0 spiro atoms. The summed E-state index contributed by atoms with van der Waals surface area (Å²) in [6.07, 6.45) is 2.99. The van der Waals surface area contributed by atoms with Gasteiger partial charge in [-0.05, 0) is 62.8 Å². The molecule has 228 valence electrons.